The van der Waals surface area contributed by atoms with E-state index in [-0.39, 0.29) is 23.3 Å². The van der Waals surface area contributed by atoms with Crippen LogP contribution >= 0.6 is 11.3 Å². The van der Waals surface area contributed by atoms with Crippen LogP contribution in [-0.4, -0.2) is 30.8 Å². The van der Waals surface area contributed by atoms with Crippen molar-refractivity contribution >= 4 is 38.8 Å². The molecule has 6 rings (SSSR count). The molecule has 3 unspecified atom stereocenters. The van der Waals surface area contributed by atoms with Crippen molar-refractivity contribution in [2.45, 2.75) is 37.4 Å². The first kappa shape index (κ1) is 26.4. The van der Waals surface area contributed by atoms with E-state index < -0.39 is 23.2 Å². The van der Waals surface area contributed by atoms with Gasteiger partial charge in [-0.3, -0.25) is 9.59 Å². The lowest BCUT2D eigenvalue weighted by atomic mass is 9.69. The van der Waals surface area contributed by atoms with Gasteiger partial charge in [0, 0.05) is 29.2 Å². The van der Waals surface area contributed by atoms with Crippen molar-refractivity contribution in [2.24, 2.45) is 11.5 Å². The summed E-state index contributed by atoms with van der Waals surface area (Å²) in [5.41, 5.74) is 20.2. The van der Waals surface area contributed by atoms with Crippen LogP contribution in [0.3, 0.4) is 0 Å². The van der Waals surface area contributed by atoms with Crippen LogP contribution in [0.1, 0.15) is 50.8 Å². The number of piperidine rings is 1. The summed E-state index contributed by atoms with van der Waals surface area (Å²) in [4.78, 5) is 27.9. The Hall–Kier alpha value is -3.83. The molecule has 1 amide bonds. The number of ketones is 1. The molecule has 8 nitrogen and oxygen atoms in total. The minimum Gasteiger partial charge on any atom is -0.454 e. The van der Waals surface area contributed by atoms with Gasteiger partial charge in [-0.1, -0.05) is 24.3 Å². The number of para-hydroxylation sites is 1. The molecule has 1 fully saturated rings. The van der Waals surface area contributed by atoms with Crippen LogP contribution in [0.2, 0.25) is 0 Å². The molecular weight excluding hydrogens is 529 g/mol. The number of nitrogen functional groups attached to an aromatic ring is 1. The van der Waals surface area contributed by atoms with E-state index in [1.54, 1.807) is 43.3 Å². The van der Waals surface area contributed by atoms with Crippen LogP contribution in [0.4, 0.5) is 10.1 Å². The quantitative estimate of drug-likeness (QED) is 0.233. The number of nitrogens with two attached hydrogens (primary N) is 3. The van der Waals surface area contributed by atoms with Crippen molar-refractivity contribution in [1.29, 1.82) is 0 Å². The van der Waals surface area contributed by atoms with Crippen molar-refractivity contribution in [3.05, 3.63) is 87.5 Å². The highest BCUT2D eigenvalue weighted by molar-refractivity contribution is 7.21. The smallest absolute Gasteiger partial charge is 0.262 e. The molecule has 2 aliphatic rings. The van der Waals surface area contributed by atoms with E-state index in [1.807, 2.05) is 6.07 Å². The van der Waals surface area contributed by atoms with Crippen molar-refractivity contribution in [3.63, 3.8) is 0 Å². The van der Waals surface area contributed by atoms with Gasteiger partial charge in [-0.05, 0) is 73.3 Å². The molecule has 40 heavy (non-hydrogen) atoms. The zero-order chi connectivity index (χ0) is 28.2. The molecule has 1 saturated heterocycles. The van der Waals surface area contributed by atoms with Gasteiger partial charge in [0.1, 0.15) is 11.3 Å². The maximum Gasteiger partial charge on any atom is 0.262 e. The number of aryl methyl sites for hydroxylation is 1. The van der Waals surface area contributed by atoms with Crippen LogP contribution in [0.25, 0.3) is 10.1 Å². The summed E-state index contributed by atoms with van der Waals surface area (Å²) in [7, 11) is 0. The molecule has 3 aromatic carbocycles. The SMILES string of the molecule is Cc1cc(Oc2ccccc2)c(F)cc1C1(N)C(=O)C(N)c2c(C(=O)NC3CCCNC3)sc3c(N)ccc1c23. The number of hydrogen-bond acceptors (Lipinski definition) is 8. The predicted octanol–water partition coefficient (Wildman–Crippen LogP) is 3.99. The van der Waals surface area contributed by atoms with Gasteiger partial charge in [0.25, 0.3) is 5.91 Å². The number of amides is 1. The summed E-state index contributed by atoms with van der Waals surface area (Å²) < 4.78 is 21.8. The fourth-order valence-corrected chi connectivity index (χ4v) is 7.03. The molecule has 2 heterocycles. The minimum atomic E-state index is -1.77. The third-order valence-electron chi connectivity index (χ3n) is 7.83. The van der Waals surface area contributed by atoms with Gasteiger partial charge in [0.2, 0.25) is 0 Å². The number of carbonyl (C=O) groups excluding carboxylic acids is 2. The van der Waals surface area contributed by atoms with E-state index in [9.17, 15) is 9.59 Å². The number of anilines is 1. The second-order valence-corrected chi connectivity index (χ2v) is 11.5. The average Bonchev–Trinajstić information content (AvgIpc) is 3.36. The molecule has 3 atom stereocenters. The fourth-order valence-electron chi connectivity index (χ4n) is 5.83. The lowest BCUT2D eigenvalue weighted by molar-refractivity contribution is -0.124. The Labute approximate surface area is 234 Å². The number of hydrogen-bond donors (Lipinski definition) is 5. The highest BCUT2D eigenvalue weighted by atomic mass is 32.1. The second-order valence-electron chi connectivity index (χ2n) is 10.4. The van der Waals surface area contributed by atoms with Gasteiger partial charge in [0.15, 0.2) is 17.3 Å². The van der Waals surface area contributed by atoms with Gasteiger partial charge >= 0.3 is 0 Å². The summed E-state index contributed by atoms with van der Waals surface area (Å²) in [6, 6.07) is 13.7. The first-order valence-corrected chi connectivity index (χ1v) is 14.0. The van der Waals surface area contributed by atoms with Crippen LogP contribution in [0, 0.1) is 12.7 Å². The van der Waals surface area contributed by atoms with Crippen molar-refractivity contribution in [2.75, 3.05) is 18.8 Å². The highest BCUT2D eigenvalue weighted by Gasteiger charge is 2.49. The summed E-state index contributed by atoms with van der Waals surface area (Å²) in [5, 5.41) is 6.93. The molecule has 1 aromatic heterocycles. The molecule has 8 N–H and O–H groups in total. The Balaban J connectivity index is 1.47. The molecule has 0 spiro atoms. The normalized spacial score (nSPS) is 22.4. The third-order valence-corrected chi connectivity index (χ3v) is 9.08. The van der Waals surface area contributed by atoms with Crippen molar-refractivity contribution in [3.8, 4) is 11.5 Å². The molecule has 0 saturated carbocycles. The zero-order valence-electron chi connectivity index (χ0n) is 21.9. The Kier molecular flexibility index (Phi) is 6.58. The number of nitrogens with one attached hydrogen (secondary N) is 2. The molecule has 206 valence electrons. The molecular formula is C30H30FN5O3S. The Bertz CT molecular complexity index is 1650. The Morgan fingerprint density at radius 3 is 2.67 bits per heavy atom. The van der Waals surface area contributed by atoms with Crippen LogP contribution in [-0.2, 0) is 10.3 Å². The number of halogens is 1. The molecule has 1 aliphatic carbocycles. The first-order valence-electron chi connectivity index (χ1n) is 13.2. The lowest BCUT2D eigenvalue weighted by Crippen LogP contribution is -2.53. The maximum atomic E-state index is 15.4. The monoisotopic (exact) mass is 559 g/mol. The summed E-state index contributed by atoms with van der Waals surface area (Å²) in [6.45, 7) is 3.33. The number of carbonyl (C=O) groups is 2. The fraction of sp³-hybridized carbons (Fsp3) is 0.267. The number of Topliss-reactive ketones (excluding diaryl/α,β-unsaturated/α-hetero) is 1. The second kappa shape index (κ2) is 9.97. The maximum absolute atomic E-state index is 15.4. The van der Waals surface area contributed by atoms with E-state index in [0.717, 1.165) is 19.4 Å². The molecule has 10 heteroatoms. The summed E-state index contributed by atoms with van der Waals surface area (Å²) >= 11 is 1.20. The summed E-state index contributed by atoms with van der Waals surface area (Å²) in [5.74, 6) is -1.01. The largest absolute Gasteiger partial charge is 0.454 e. The van der Waals surface area contributed by atoms with E-state index in [1.165, 1.54) is 23.5 Å². The molecule has 0 radical (unpaired) electrons. The van der Waals surface area contributed by atoms with Gasteiger partial charge < -0.3 is 32.6 Å². The van der Waals surface area contributed by atoms with E-state index >= 15 is 4.39 Å². The summed E-state index contributed by atoms with van der Waals surface area (Å²) in [6.07, 6.45) is 1.82. The van der Waals surface area contributed by atoms with Crippen molar-refractivity contribution < 1.29 is 18.7 Å². The first-order chi connectivity index (χ1) is 19.2. The average molecular weight is 560 g/mol. The molecule has 1 aliphatic heterocycles. The third kappa shape index (κ3) is 4.15. The number of benzene rings is 3. The van der Waals surface area contributed by atoms with Gasteiger partial charge in [-0.15, -0.1) is 11.3 Å². The van der Waals surface area contributed by atoms with Crippen LogP contribution < -0.4 is 32.6 Å². The molecule has 0 bridgehead atoms. The highest BCUT2D eigenvalue weighted by Crippen LogP contribution is 2.50. The van der Waals surface area contributed by atoms with Crippen LogP contribution in [0.5, 0.6) is 11.5 Å². The van der Waals surface area contributed by atoms with Crippen LogP contribution in [0.15, 0.2) is 54.6 Å². The topological polar surface area (TPSA) is 145 Å². The van der Waals surface area contributed by atoms with Gasteiger partial charge in [0.05, 0.1) is 15.6 Å². The zero-order valence-corrected chi connectivity index (χ0v) is 22.7. The van der Waals surface area contributed by atoms with Crippen molar-refractivity contribution in [1.82, 2.24) is 10.6 Å². The number of thiophene rings is 1. The van der Waals surface area contributed by atoms with E-state index in [0.29, 0.717) is 49.6 Å². The molecule has 4 aromatic rings. The van der Waals surface area contributed by atoms with Gasteiger partial charge in [-0.25, -0.2) is 4.39 Å². The van der Waals surface area contributed by atoms with E-state index in [4.69, 9.17) is 21.9 Å². The Morgan fingerprint density at radius 1 is 1.18 bits per heavy atom. The lowest BCUT2D eigenvalue weighted by Gasteiger charge is -2.37. The number of rotatable bonds is 5. The number of ether oxygens (including phenoxy) is 1. The van der Waals surface area contributed by atoms with E-state index in [2.05, 4.69) is 10.6 Å². The van der Waals surface area contributed by atoms with Gasteiger partial charge in [-0.2, -0.15) is 0 Å². The standard InChI is InChI=1S/C30H30FN5O3S/c1-15-12-22(39-17-7-3-2-4-8-17)20(31)13-19(15)30(34)18-9-10-21(32)26-23(18)24(25(33)28(30)37)27(40-26)29(38)36-16-6-5-11-35-14-16/h2-4,7-10,12-13,16,25,35H,5-6,11,14,32-34H2,1H3,(H,36,38). The minimum absolute atomic E-state index is 0.0124. The Morgan fingerprint density at radius 2 is 1.95 bits per heavy atom. The predicted molar refractivity (Wildman–Crippen MR) is 154 cm³/mol.